The summed E-state index contributed by atoms with van der Waals surface area (Å²) in [6.45, 7) is 6.63. The van der Waals surface area contributed by atoms with Crippen molar-refractivity contribution in [3.8, 4) is 0 Å². The number of hydrogen-bond donors (Lipinski definition) is 1. The zero-order valence-electron chi connectivity index (χ0n) is 12.0. The van der Waals surface area contributed by atoms with Crippen LogP contribution in [-0.2, 0) is 11.3 Å². The van der Waals surface area contributed by atoms with E-state index in [9.17, 15) is 0 Å². The molecule has 18 heavy (non-hydrogen) atoms. The minimum atomic E-state index is 0.353. The van der Waals surface area contributed by atoms with Crippen molar-refractivity contribution in [3.05, 3.63) is 35.4 Å². The summed E-state index contributed by atoms with van der Waals surface area (Å²) in [4.78, 5) is 2.31. The fourth-order valence-corrected chi connectivity index (χ4v) is 2.32. The van der Waals surface area contributed by atoms with E-state index in [2.05, 4.69) is 50.1 Å². The maximum Gasteiger partial charge on any atom is 0.0503 e. The molecule has 3 nitrogen and oxygen atoms in total. The van der Waals surface area contributed by atoms with E-state index in [1.165, 1.54) is 11.1 Å². The lowest BCUT2D eigenvalue weighted by molar-refractivity contribution is 0.0953. The molecule has 2 unspecified atom stereocenters. The number of aryl methyl sites for hydroxylation is 1. The topological polar surface area (TPSA) is 38.5 Å². The Bertz CT molecular complexity index is 337. The van der Waals surface area contributed by atoms with Crippen molar-refractivity contribution in [1.82, 2.24) is 4.90 Å². The summed E-state index contributed by atoms with van der Waals surface area (Å²) in [5, 5.41) is 0. The molecule has 1 aromatic rings. The third-order valence-corrected chi connectivity index (χ3v) is 3.45. The summed E-state index contributed by atoms with van der Waals surface area (Å²) in [5.41, 5.74) is 8.51. The van der Waals surface area contributed by atoms with Crippen LogP contribution in [0.4, 0.5) is 0 Å². The molecule has 0 fully saturated rings. The van der Waals surface area contributed by atoms with Gasteiger partial charge in [0.25, 0.3) is 0 Å². The molecule has 0 heterocycles. The number of nitrogens with two attached hydrogens (primary N) is 1. The van der Waals surface area contributed by atoms with Crippen LogP contribution in [0.1, 0.15) is 18.1 Å². The van der Waals surface area contributed by atoms with Crippen LogP contribution in [0, 0.1) is 12.8 Å². The Morgan fingerprint density at radius 2 is 1.89 bits per heavy atom. The van der Waals surface area contributed by atoms with Crippen LogP contribution in [0.2, 0.25) is 0 Å². The predicted molar refractivity (Wildman–Crippen MR) is 76.5 cm³/mol. The lowest BCUT2D eigenvalue weighted by atomic mass is 10.0. The van der Waals surface area contributed by atoms with Gasteiger partial charge >= 0.3 is 0 Å². The average Bonchev–Trinajstić information content (AvgIpc) is 2.33. The summed E-state index contributed by atoms with van der Waals surface area (Å²) >= 11 is 0. The van der Waals surface area contributed by atoms with Crippen molar-refractivity contribution in [3.63, 3.8) is 0 Å². The molecule has 0 amide bonds. The summed E-state index contributed by atoms with van der Waals surface area (Å²) < 4.78 is 5.22. The molecule has 0 aliphatic rings. The second-order valence-electron chi connectivity index (χ2n) is 5.14. The molecule has 0 radical (unpaired) electrons. The summed E-state index contributed by atoms with van der Waals surface area (Å²) in [5.74, 6) is 0.440. The zero-order chi connectivity index (χ0) is 13.5. The van der Waals surface area contributed by atoms with Crippen LogP contribution in [0.25, 0.3) is 0 Å². The number of likely N-dealkylation sites (N-methyl/N-ethyl adjacent to an activating group) is 1. The van der Waals surface area contributed by atoms with Gasteiger partial charge in [-0.25, -0.2) is 0 Å². The smallest absolute Gasteiger partial charge is 0.0503 e. The van der Waals surface area contributed by atoms with Gasteiger partial charge in [-0.1, -0.05) is 36.8 Å². The molecule has 2 N–H and O–H groups in total. The van der Waals surface area contributed by atoms with Crippen molar-refractivity contribution in [1.29, 1.82) is 0 Å². The average molecular weight is 250 g/mol. The van der Waals surface area contributed by atoms with Gasteiger partial charge in [0, 0.05) is 26.2 Å². The largest absolute Gasteiger partial charge is 0.384 e. The van der Waals surface area contributed by atoms with Crippen molar-refractivity contribution < 1.29 is 4.74 Å². The molecule has 0 saturated heterocycles. The fraction of sp³-hybridized carbons (Fsp3) is 0.600. The fourth-order valence-electron chi connectivity index (χ4n) is 2.32. The Morgan fingerprint density at radius 3 is 2.39 bits per heavy atom. The Balaban J connectivity index is 2.61. The second kappa shape index (κ2) is 7.52. The van der Waals surface area contributed by atoms with E-state index >= 15 is 0 Å². The van der Waals surface area contributed by atoms with Gasteiger partial charge in [0.05, 0.1) is 6.61 Å². The van der Waals surface area contributed by atoms with E-state index in [4.69, 9.17) is 10.5 Å². The minimum absolute atomic E-state index is 0.353. The number of methoxy groups -OCH3 is 1. The van der Waals surface area contributed by atoms with Crippen molar-refractivity contribution >= 4 is 0 Å². The first-order valence-electron chi connectivity index (χ1n) is 6.53. The predicted octanol–water partition coefficient (Wildman–Crippen LogP) is 2.04. The number of ether oxygens (including phenoxy) is 1. The molecule has 2 atom stereocenters. The molecule has 0 aliphatic heterocycles. The van der Waals surface area contributed by atoms with Crippen molar-refractivity contribution in [2.75, 3.05) is 27.3 Å². The SMILES string of the molecule is COCC(C)C(CN)N(C)Cc1ccc(C)cc1. The van der Waals surface area contributed by atoms with Gasteiger partial charge in [0.15, 0.2) is 0 Å². The highest BCUT2D eigenvalue weighted by molar-refractivity contribution is 5.21. The molecule has 3 heteroatoms. The second-order valence-corrected chi connectivity index (χ2v) is 5.14. The van der Waals surface area contributed by atoms with E-state index in [1.807, 2.05) is 0 Å². The number of hydrogen-bond acceptors (Lipinski definition) is 3. The molecule has 0 saturated carbocycles. The number of benzene rings is 1. The van der Waals surface area contributed by atoms with Gasteiger partial charge in [-0.3, -0.25) is 4.90 Å². The van der Waals surface area contributed by atoms with Crippen LogP contribution in [0.15, 0.2) is 24.3 Å². The third kappa shape index (κ3) is 4.41. The van der Waals surface area contributed by atoms with Crippen LogP contribution >= 0.6 is 0 Å². The first-order chi connectivity index (χ1) is 8.58. The molecule has 1 aromatic carbocycles. The van der Waals surface area contributed by atoms with Crippen LogP contribution in [0.5, 0.6) is 0 Å². The van der Waals surface area contributed by atoms with Gasteiger partial charge in [0.1, 0.15) is 0 Å². The highest BCUT2D eigenvalue weighted by Crippen LogP contribution is 2.13. The molecule has 1 rings (SSSR count). The van der Waals surface area contributed by atoms with E-state index in [1.54, 1.807) is 7.11 Å². The monoisotopic (exact) mass is 250 g/mol. The Hall–Kier alpha value is -0.900. The van der Waals surface area contributed by atoms with Crippen molar-refractivity contribution in [2.45, 2.75) is 26.4 Å². The van der Waals surface area contributed by atoms with Crippen molar-refractivity contribution in [2.24, 2.45) is 11.7 Å². The molecular formula is C15H26N2O. The third-order valence-electron chi connectivity index (χ3n) is 3.45. The minimum Gasteiger partial charge on any atom is -0.384 e. The summed E-state index contributed by atoms with van der Waals surface area (Å²) in [6.07, 6.45) is 0. The first kappa shape index (κ1) is 15.2. The van der Waals surface area contributed by atoms with E-state index in [-0.39, 0.29) is 0 Å². The van der Waals surface area contributed by atoms with Crippen LogP contribution < -0.4 is 5.73 Å². The molecule has 102 valence electrons. The highest BCUT2D eigenvalue weighted by atomic mass is 16.5. The Morgan fingerprint density at radius 1 is 1.28 bits per heavy atom. The zero-order valence-corrected chi connectivity index (χ0v) is 12.0. The highest BCUT2D eigenvalue weighted by Gasteiger charge is 2.20. The number of rotatable bonds is 7. The maximum absolute atomic E-state index is 5.89. The molecule has 0 aromatic heterocycles. The lowest BCUT2D eigenvalue weighted by Gasteiger charge is -2.31. The summed E-state index contributed by atoms with van der Waals surface area (Å²) in [7, 11) is 3.87. The first-order valence-corrected chi connectivity index (χ1v) is 6.53. The normalized spacial score (nSPS) is 14.8. The molecule has 0 bridgehead atoms. The van der Waals surface area contributed by atoms with Gasteiger partial charge in [-0.05, 0) is 25.5 Å². The van der Waals surface area contributed by atoms with E-state index in [0.717, 1.165) is 13.2 Å². The quantitative estimate of drug-likeness (QED) is 0.805. The molecular weight excluding hydrogens is 224 g/mol. The molecule has 0 aliphatic carbocycles. The van der Waals surface area contributed by atoms with Gasteiger partial charge in [-0.15, -0.1) is 0 Å². The lowest BCUT2D eigenvalue weighted by Crippen LogP contribution is -2.43. The standard InChI is InChI=1S/C15H26N2O/c1-12-5-7-14(8-6-12)10-17(3)15(9-16)13(2)11-18-4/h5-8,13,15H,9-11,16H2,1-4H3. The van der Waals surface area contributed by atoms with E-state index < -0.39 is 0 Å². The summed E-state index contributed by atoms with van der Waals surface area (Å²) in [6, 6.07) is 9.02. The molecule has 0 spiro atoms. The Kier molecular flexibility index (Phi) is 6.33. The maximum atomic E-state index is 5.89. The van der Waals surface area contributed by atoms with Crippen LogP contribution in [0.3, 0.4) is 0 Å². The van der Waals surface area contributed by atoms with Gasteiger partial charge in [0.2, 0.25) is 0 Å². The van der Waals surface area contributed by atoms with E-state index in [0.29, 0.717) is 18.5 Å². The van der Waals surface area contributed by atoms with Crippen LogP contribution in [-0.4, -0.2) is 38.3 Å². The Labute approximate surface area is 111 Å². The van der Waals surface area contributed by atoms with Gasteiger partial charge < -0.3 is 10.5 Å². The van der Waals surface area contributed by atoms with Gasteiger partial charge in [-0.2, -0.15) is 0 Å². The number of nitrogens with zero attached hydrogens (tertiary/aromatic N) is 1.